The van der Waals surface area contributed by atoms with Crippen molar-refractivity contribution in [3.05, 3.63) is 30.1 Å². The van der Waals surface area contributed by atoms with Gasteiger partial charge < -0.3 is 19.4 Å². The summed E-state index contributed by atoms with van der Waals surface area (Å²) in [5, 5.41) is 11.1. The molecule has 5 rings (SSSR count). The second-order valence-electron chi connectivity index (χ2n) is 8.24. The van der Waals surface area contributed by atoms with Crippen LogP contribution in [0.2, 0.25) is 0 Å². The molecule has 0 N–H and O–H groups in total. The SMILES string of the molecule is c1ccc([C@H]2CN(c3nnc(N4CCC(N5CCCCC5)CC4)s3)CCO2)nc1. The van der Waals surface area contributed by atoms with Gasteiger partial charge in [0, 0.05) is 31.9 Å². The first kappa shape index (κ1) is 19.2. The molecule has 0 aliphatic carbocycles. The lowest BCUT2D eigenvalue weighted by atomic mass is 10.0. The summed E-state index contributed by atoms with van der Waals surface area (Å²) in [6.45, 7) is 7.10. The van der Waals surface area contributed by atoms with Gasteiger partial charge in [-0.15, -0.1) is 10.2 Å². The molecule has 3 saturated heterocycles. The molecule has 2 aromatic rings. The summed E-state index contributed by atoms with van der Waals surface area (Å²) in [6.07, 6.45) is 8.47. The summed E-state index contributed by atoms with van der Waals surface area (Å²) in [6, 6.07) is 6.75. The fourth-order valence-electron chi connectivity index (χ4n) is 4.74. The number of morpholine rings is 1. The molecule has 156 valence electrons. The summed E-state index contributed by atoms with van der Waals surface area (Å²) in [5.41, 5.74) is 0.988. The Bertz CT molecular complexity index is 772. The first-order valence-corrected chi connectivity index (χ1v) is 11.8. The minimum Gasteiger partial charge on any atom is -0.368 e. The Labute approximate surface area is 176 Å². The van der Waals surface area contributed by atoms with Crippen LogP contribution >= 0.6 is 11.3 Å². The monoisotopic (exact) mass is 414 g/mol. The van der Waals surface area contributed by atoms with E-state index in [9.17, 15) is 0 Å². The van der Waals surface area contributed by atoms with Gasteiger partial charge in [0.2, 0.25) is 10.3 Å². The highest BCUT2D eigenvalue weighted by Crippen LogP contribution is 2.32. The molecule has 7 nitrogen and oxygen atoms in total. The molecule has 0 bridgehead atoms. The van der Waals surface area contributed by atoms with E-state index in [1.807, 2.05) is 24.4 Å². The summed E-state index contributed by atoms with van der Waals surface area (Å²) in [7, 11) is 0. The van der Waals surface area contributed by atoms with E-state index in [0.29, 0.717) is 6.61 Å². The zero-order valence-corrected chi connectivity index (χ0v) is 17.8. The predicted molar refractivity (Wildman–Crippen MR) is 116 cm³/mol. The van der Waals surface area contributed by atoms with Crippen molar-refractivity contribution in [3.63, 3.8) is 0 Å². The summed E-state index contributed by atoms with van der Waals surface area (Å²) >= 11 is 1.72. The highest BCUT2D eigenvalue weighted by atomic mass is 32.1. The number of ether oxygens (including phenoxy) is 1. The van der Waals surface area contributed by atoms with Crippen LogP contribution in [0.4, 0.5) is 10.3 Å². The van der Waals surface area contributed by atoms with Crippen molar-refractivity contribution in [2.24, 2.45) is 0 Å². The Morgan fingerprint density at radius 3 is 2.45 bits per heavy atom. The van der Waals surface area contributed by atoms with Gasteiger partial charge in [0.15, 0.2) is 0 Å². The van der Waals surface area contributed by atoms with Crippen LogP contribution < -0.4 is 9.80 Å². The fourth-order valence-corrected chi connectivity index (χ4v) is 5.67. The Kier molecular flexibility index (Phi) is 5.92. The molecule has 0 spiro atoms. The Balaban J connectivity index is 1.19. The third kappa shape index (κ3) is 4.39. The molecule has 0 unspecified atom stereocenters. The predicted octanol–water partition coefficient (Wildman–Crippen LogP) is 2.97. The van der Waals surface area contributed by atoms with Gasteiger partial charge >= 0.3 is 0 Å². The molecule has 8 heteroatoms. The van der Waals surface area contributed by atoms with Crippen molar-refractivity contribution in [1.29, 1.82) is 0 Å². The van der Waals surface area contributed by atoms with E-state index >= 15 is 0 Å². The molecule has 2 aromatic heterocycles. The molecule has 5 heterocycles. The molecular formula is C21H30N6OS. The van der Waals surface area contributed by atoms with Crippen LogP contribution in [0, 0.1) is 0 Å². The maximum Gasteiger partial charge on any atom is 0.210 e. The highest BCUT2D eigenvalue weighted by molar-refractivity contribution is 7.19. The van der Waals surface area contributed by atoms with Crippen LogP contribution in [-0.4, -0.2) is 72.0 Å². The molecule has 0 radical (unpaired) electrons. The number of piperidine rings is 2. The van der Waals surface area contributed by atoms with Crippen molar-refractivity contribution in [2.75, 3.05) is 55.7 Å². The lowest BCUT2D eigenvalue weighted by Crippen LogP contribution is -2.46. The van der Waals surface area contributed by atoms with Crippen molar-refractivity contribution >= 4 is 21.6 Å². The van der Waals surface area contributed by atoms with Crippen LogP contribution in [0.1, 0.15) is 43.9 Å². The van der Waals surface area contributed by atoms with E-state index < -0.39 is 0 Å². The van der Waals surface area contributed by atoms with E-state index in [-0.39, 0.29) is 6.10 Å². The van der Waals surface area contributed by atoms with Crippen LogP contribution in [0.5, 0.6) is 0 Å². The van der Waals surface area contributed by atoms with Gasteiger partial charge in [-0.2, -0.15) is 0 Å². The van der Waals surface area contributed by atoms with Gasteiger partial charge in [0.25, 0.3) is 0 Å². The van der Waals surface area contributed by atoms with Gasteiger partial charge in [-0.3, -0.25) is 4.98 Å². The third-order valence-electron chi connectivity index (χ3n) is 6.40. The number of rotatable bonds is 4. The van der Waals surface area contributed by atoms with Gasteiger partial charge in [-0.05, 0) is 50.9 Å². The Morgan fingerprint density at radius 2 is 1.69 bits per heavy atom. The first-order chi connectivity index (χ1) is 14.4. The molecule has 3 aliphatic heterocycles. The number of pyridine rings is 1. The largest absolute Gasteiger partial charge is 0.368 e. The van der Waals surface area contributed by atoms with Gasteiger partial charge in [-0.1, -0.05) is 23.8 Å². The standard InChI is InChI=1S/C21H30N6OS/c1-4-10-25(11-5-1)17-7-12-26(13-8-17)20-23-24-21(29-20)27-14-15-28-19(16-27)18-6-2-3-9-22-18/h2-3,6,9,17,19H,1,4-5,7-8,10-16H2/t19-/m1/s1. The second-order valence-corrected chi connectivity index (χ2v) is 9.18. The van der Waals surface area contributed by atoms with Gasteiger partial charge in [0.1, 0.15) is 6.10 Å². The number of aromatic nitrogens is 3. The van der Waals surface area contributed by atoms with Crippen LogP contribution in [-0.2, 0) is 4.74 Å². The number of likely N-dealkylation sites (tertiary alicyclic amines) is 1. The fraction of sp³-hybridized carbons (Fsp3) is 0.667. The number of hydrogen-bond donors (Lipinski definition) is 0. The summed E-state index contributed by atoms with van der Waals surface area (Å²) < 4.78 is 5.95. The summed E-state index contributed by atoms with van der Waals surface area (Å²) in [5.74, 6) is 0. The summed E-state index contributed by atoms with van der Waals surface area (Å²) in [4.78, 5) is 11.9. The van der Waals surface area contributed by atoms with Crippen molar-refractivity contribution in [3.8, 4) is 0 Å². The van der Waals surface area contributed by atoms with Crippen molar-refractivity contribution in [1.82, 2.24) is 20.1 Å². The molecule has 0 saturated carbocycles. The molecule has 29 heavy (non-hydrogen) atoms. The number of hydrogen-bond acceptors (Lipinski definition) is 8. The van der Waals surface area contributed by atoms with E-state index in [4.69, 9.17) is 4.74 Å². The quantitative estimate of drug-likeness (QED) is 0.762. The Hall–Kier alpha value is -1.77. The third-order valence-corrected chi connectivity index (χ3v) is 7.45. The maximum absolute atomic E-state index is 5.95. The first-order valence-electron chi connectivity index (χ1n) is 11.0. The molecule has 1 atom stereocenters. The lowest BCUT2D eigenvalue weighted by molar-refractivity contribution is 0.0370. The van der Waals surface area contributed by atoms with E-state index in [1.165, 1.54) is 45.2 Å². The molecule has 3 fully saturated rings. The molecule has 0 amide bonds. The minimum absolute atomic E-state index is 0.00223. The van der Waals surface area contributed by atoms with Gasteiger partial charge in [0.05, 0.1) is 18.8 Å². The topological polar surface area (TPSA) is 57.6 Å². The van der Waals surface area contributed by atoms with E-state index in [0.717, 1.165) is 48.2 Å². The zero-order chi connectivity index (χ0) is 19.5. The van der Waals surface area contributed by atoms with E-state index in [1.54, 1.807) is 11.3 Å². The number of anilines is 2. The van der Waals surface area contributed by atoms with Crippen LogP contribution in [0.25, 0.3) is 0 Å². The normalized spacial score (nSPS) is 24.8. The van der Waals surface area contributed by atoms with Gasteiger partial charge in [-0.25, -0.2) is 0 Å². The van der Waals surface area contributed by atoms with Crippen molar-refractivity contribution < 1.29 is 4.74 Å². The Morgan fingerprint density at radius 1 is 0.897 bits per heavy atom. The molecule has 0 aromatic carbocycles. The maximum atomic E-state index is 5.95. The van der Waals surface area contributed by atoms with E-state index in [2.05, 4.69) is 29.9 Å². The smallest absolute Gasteiger partial charge is 0.210 e. The van der Waals surface area contributed by atoms with Crippen molar-refractivity contribution in [2.45, 2.75) is 44.2 Å². The number of nitrogens with zero attached hydrogens (tertiary/aromatic N) is 6. The van der Waals surface area contributed by atoms with Crippen LogP contribution in [0.15, 0.2) is 24.4 Å². The zero-order valence-electron chi connectivity index (χ0n) is 16.9. The average molecular weight is 415 g/mol. The average Bonchev–Trinajstić information content (AvgIpc) is 3.31. The molecule has 3 aliphatic rings. The molecular weight excluding hydrogens is 384 g/mol. The highest BCUT2D eigenvalue weighted by Gasteiger charge is 2.29. The lowest BCUT2D eigenvalue weighted by Gasteiger charge is -2.40. The minimum atomic E-state index is -0.00223. The van der Waals surface area contributed by atoms with Crippen LogP contribution in [0.3, 0.4) is 0 Å². The second kappa shape index (κ2) is 8.93.